The van der Waals surface area contributed by atoms with E-state index in [4.69, 9.17) is 0 Å². The van der Waals surface area contributed by atoms with Gasteiger partial charge in [0.05, 0.1) is 4.88 Å². The Morgan fingerprint density at radius 2 is 1.83 bits per heavy atom. The fourth-order valence-corrected chi connectivity index (χ4v) is 4.05. The molecule has 0 aliphatic rings. The molecule has 118 valence electrons. The molecule has 5 heteroatoms. The highest BCUT2D eigenvalue weighted by Crippen LogP contribution is 2.32. The Morgan fingerprint density at radius 1 is 1.13 bits per heavy atom. The predicted molar refractivity (Wildman–Crippen MR) is 93.9 cm³/mol. The van der Waals surface area contributed by atoms with E-state index >= 15 is 0 Å². The number of nitrogens with zero attached hydrogens (tertiary/aromatic N) is 3. The van der Waals surface area contributed by atoms with Crippen molar-refractivity contribution < 1.29 is 4.79 Å². The van der Waals surface area contributed by atoms with Gasteiger partial charge in [0, 0.05) is 24.7 Å². The van der Waals surface area contributed by atoms with Crippen LogP contribution in [0.2, 0.25) is 0 Å². The van der Waals surface area contributed by atoms with Crippen molar-refractivity contribution in [2.24, 2.45) is 0 Å². The van der Waals surface area contributed by atoms with Gasteiger partial charge >= 0.3 is 0 Å². The second-order valence-corrected chi connectivity index (χ2v) is 6.74. The summed E-state index contributed by atoms with van der Waals surface area (Å²) in [6.07, 6.45) is 0. The molecule has 2 aromatic heterocycles. The highest BCUT2D eigenvalue weighted by molar-refractivity contribution is 7.20. The quantitative estimate of drug-likeness (QED) is 0.734. The molecule has 0 N–H and O–H groups in total. The maximum Gasteiger partial charge on any atom is 0.264 e. The standard InChI is InChI=1S/C18H19N3OS/c1-11-15-12(2)19-13(3)20-17(15)23-16(11)18(22)21(4)10-14-8-6-5-7-9-14/h5-9H,10H2,1-4H3. The van der Waals surface area contributed by atoms with E-state index in [2.05, 4.69) is 9.97 Å². The summed E-state index contributed by atoms with van der Waals surface area (Å²) < 4.78 is 0. The third-order valence-electron chi connectivity index (χ3n) is 3.89. The van der Waals surface area contributed by atoms with Crippen LogP contribution in [-0.4, -0.2) is 27.8 Å². The van der Waals surface area contributed by atoms with Crippen LogP contribution in [0.1, 0.15) is 32.3 Å². The van der Waals surface area contributed by atoms with Crippen molar-refractivity contribution in [3.63, 3.8) is 0 Å². The summed E-state index contributed by atoms with van der Waals surface area (Å²) >= 11 is 1.46. The van der Waals surface area contributed by atoms with Crippen molar-refractivity contribution in [3.8, 4) is 0 Å². The Balaban J connectivity index is 1.95. The van der Waals surface area contributed by atoms with E-state index in [9.17, 15) is 4.79 Å². The molecular weight excluding hydrogens is 306 g/mol. The van der Waals surface area contributed by atoms with E-state index in [1.807, 2.05) is 58.2 Å². The average Bonchev–Trinajstić information content (AvgIpc) is 2.84. The molecule has 1 amide bonds. The highest BCUT2D eigenvalue weighted by atomic mass is 32.1. The van der Waals surface area contributed by atoms with Crippen molar-refractivity contribution in [2.45, 2.75) is 27.3 Å². The second kappa shape index (κ2) is 6.08. The van der Waals surface area contributed by atoms with Crippen LogP contribution in [0.15, 0.2) is 30.3 Å². The minimum Gasteiger partial charge on any atom is -0.337 e. The van der Waals surface area contributed by atoms with Crippen LogP contribution in [-0.2, 0) is 6.54 Å². The van der Waals surface area contributed by atoms with E-state index in [1.54, 1.807) is 4.90 Å². The molecule has 23 heavy (non-hydrogen) atoms. The Hall–Kier alpha value is -2.27. The normalized spacial score (nSPS) is 11.0. The molecule has 0 fully saturated rings. The molecule has 4 nitrogen and oxygen atoms in total. The summed E-state index contributed by atoms with van der Waals surface area (Å²) in [6, 6.07) is 10.0. The lowest BCUT2D eigenvalue weighted by Crippen LogP contribution is -2.25. The summed E-state index contributed by atoms with van der Waals surface area (Å²) in [7, 11) is 1.84. The first kappa shape index (κ1) is 15.6. The van der Waals surface area contributed by atoms with Gasteiger partial charge in [-0.3, -0.25) is 4.79 Å². The van der Waals surface area contributed by atoms with E-state index in [1.165, 1.54) is 11.3 Å². The first-order valence-corrected chi connectivity index (χ1v) is 8.32. The largest absolute Gasteiger partial charge is 0.337 e. The number of carbonyl (C=O) groups excluding carboxylic acids is 1. The summed E-state index contributed by atoms with van der Waals surface area (Å²) in [5.74, 6) is 0.777. The minimum absolute atomic E-state index is 0.0337. The highest BCUT2D eigenvalue weighted by Gasteiger charge is 2.21. The molecule has 0 unspecified atom stereocenters. The van der Waals surface area contributed by atoms with Crippen molar-refractivity contribution in [3.05, 3.63) is 57.9 Å². The Labute approximate surface area is 139 Å². The molecule has 0 aliphatic heterocycles. The number of aromatic nitrogens is 2. The predicted octanol–water partition coefficient (Wildman–Crippen LogP) is 3.89. The first-order valence-electron chi connectivity index (χ1n) is 7.51. The number of thiophene rings is 1. The van der Waals surface area contributed by atoms with E-state index in [-0.39, 0.29) is 5.91 Å². The van der Waals surface area contributed by atoms with Gasteiger partial charge in [0.15, 0.2) is 0 Å². The van der Waals surface area contributed by atoms with Crippen molar-refractivity contribution >= 4 is 27.5 Å². The van der Waals surface area contributed by atoms with Crippen molar-refractivity contribution in [2.75, 3.05) is 7.05 Å². The van der Waals surface area contributed by atoms with Crippen LogP contribution in [0.5, 0.6) is 0 Å². The number of hydrogen-bond donors (Lipinski definition) is 0. The fourth-order valence-electron chi connectivity index (χ4n) is 2.78. The van der Waals surface area contributed by atoms with Gasteiger partial charge in [-0.2, -0.15) is 0 Å². The van der Waals surface area contributed by atoms with Crippen molar-refractivity contribution in [1.82, 2.24) is 14.9 Å². The van der Waals surface area contributed by atoms with Gasteiger partial charge in [0.2, 0.25) is 0 Å². The molecule has 0 bridgehead atoms. The number of amides is 1. The van der Waals surface area contributed by atoms with Gasteiger partial charge in [-0.15, -0.1) is 11.3 Å². The molecule has 0 radical (unpaired) electrons. The SMILES string of the molecule is Cc1nc(C)c2c(C)c(C(=O)N(C)Cc3ccccc3)sc2n1. The van der Waals surface area contributed by atoms with Gasteiger partial charge < -0.3 is 4.90 Å². The maximum atomic E-state index is 12.8. The molecule has 0 saturated heterocycles. The summed E-state index contributed by atoms with van der Waals surface area (Å²) in [4.78, 5) is 25.1. The summed E-state index contributed by atoms with van der Waals surface area (Å²) in [5.41, 5.74) is 3.03. The monoisotopic (exact) mass is 325 g/mol. The zero-order chi connectivity index (χ0) is 16.6. The van der Waals surface area contributed by atoms with Gasteiger partial charge in [0.1, 0.15) is 10.7 Å². The molecule has 0 saturated carbocycles. The maximum absolute atomic E-state index is 12.8. The van der Waals surface area contributed by atoms with Gasteiger partial charge in [-0.25, -0.2) is 9.97 Å². The molecule has 3 rings (SSSR count). The number of aryl methyl sites for hydroxylation is 3. The lowest BCUT2D eigenvalue weighted by atomic mass is 10.1. The number of fused-ring (bicyclic) bond motifs is 1. The van der Waals surface area contributed by atoms with E-state index in [0.717, 1.165) is 37.7 Å². The number of rotatable bonds is 3. The summed E-state index contributed by atoms with van der Waals surface area (Å²) in [5, 5.41) is 1.01. The van der Waals surface area contributed by atoms with Gasteiger partial charge in [-0.1, -0.05) is 30.3 Å². The summed E-state index contributed by atoms with van der Waals surface area (Å²) in [6.45, 7) is 6.42. The average molecular weight is 325 g/mol. The van der Waals surface area contributed by atoms with E-state index in [0.29, 0.717) is 6.54 Å². The fraction of sp³-hybridized carbons (Fsp3) is 0.278. The molecule has 2 heterocycles. The Morgan fingerprint density at radius 3 is 2.52 bits per heavy atom. The van der Waals surface area contributed by atoms with Crippen LogP contribution < -0.4 is 0 Å². The lowest BCUT2D eigenvalue weighted by Gasteiger charge is -2.16. The third-order valence-corrected chi connectivity index (χ3v) is 5.06. The van der Waals surface area contributed by atoms with Crippen LogP contribution in [0.3, 0.4) is 0 Å². The minimum atomic E-state index is 0.0337. The Bertz CT molecular complexity index is 871. The van der Waals surface area contributed by atoms with E-state index < -0.39 is 0 Å². The van der Waals surface area contributed by atoms with Gasteiger partial charge in [0.25, 0.3) is 5.91 Å². The number of hydrogen-bond acceptors (Lipinski definition) is 4. The zero-order valence-corrected chi connectivity index (χ0v) is 14.6. The first-order chi connectivity index (χ1) is 11.0. The number of benzene rings is 1. The zero-order valence-electron chi connectivity index (χ0n) is 13.8. The third kappa shape index (κ3) is 2.97. The molecule has 3 aromatic rings. The van der Waals surface area contributed by atoms with Gasteiger partial charge in [-0.05, 0) is 31.9 Å². The van der Waals surface area contributed by atoms with Crippen LogP contribution in [0.4, 0.5) is 0 Å². The lowest BCUT2D eigenvalue weighted by molar-refractivity contribution is 0.0789. The molecule has 1 aromatic carbocycles. The second-order valence-electron chi connectivity index (χ2n) is 5.74. The van der Waals surface area contributed by atoms with Crippen molar-refractivity contribution in [1.29, 1.82) is 0 Å². The number of carbonyl (C=O) groups is 1. The molecular formula is C18H19N3OS. The molecule has 0 atom stereocenters. The molecule has 0 aliphatic carbocycles. The smallest absolute Gasteiger partial charge is 0.264 e. The van der Waals surface area contributed by atoms with Crippen LogP contribution in [0, 0.1) is 20.8 Å². The molecule has 0 spiro atoms. The Kier molecular flexibility index (Phi) is 4.13. The van der Waals surface area contributed by atoms with Crippen LogP contribution in [0.25, 0.3) is 10.2 Å². The van der Waals surface area contributed by atoms with Crippen LogP contribution >= 0.6 is 11.3 Å². The topological polar surface area (TPSA) is 46.1 Å².